The van der Waals surface area contributed by atoms with Gasteiger partial charge < -0.3 is 10.4 Å². The predicted molar refractivity (Wildman–Crippen MR) is 64.5 cm³/mol. The Labute approximate surface area is 114 Å². The molecule has 0 aliphatic rings. The number of aromatic nitrogens is 1. The number of alkyl halides is 3. The van der Waals surface area contributed by atoms with E-state index in [0.29, 0.717) is 4.70 Å². The number of rotatable bonds is 3. The van der Waals surface area contributed by atoms with Gasteiger partial charge in [-0.2, -0.15) is 13.2 Å². The first-order valence-electron chi connectivity index (χ1n) is 5.26. The van der Waals surface area contributed by atoms with Gasteiger partial charge in [0.05, 0.1) is 22.3 Å². The Hall–Kier alpha value is -2.16. The monoisotopic (exact) mass is 304 g/mol. The van der Waals surface area contributed by atoms with Gasteiger partial charge in [-0.05, 0) is 12.1 Å². The zero-order valence-corrected chi connectivity index (χ0v) is 10.5. The number of carbonyl (C=O) groups excluding carboxylic acids is 1. The molecule has 0 unspecified atom stereocenters. The summed E-state index contributed by atoms with van der Waals surface area (Å²) >= 11 is 1.02. The van der Waals surface area contributed by atoms with Crippen molar-refractivity contribution in [2.24, 2.45) is 0 Å². The van der Waals surface area contributed by atoms with Crippen LogP contribution in [-0.2, 0) is 11.3 Å². The molecule has 1 aromatic carbocycles. The Bertz CT molecular complexity index is 681. The van der Waals surface area contributed by atoms with Gasteiger partial charge >= 0.3 is 18.1 Å². The first kappa shape index (κ1) is 14.3. The van der Waals surface area contributed by atoms with Crippen LogP contribution < -0.4 is 5.32 Å². The average Bonchev–Trinajstić information content (AvgIpc) is 2.76. The van der Waals surface area contributed by atoms with Crippen molar-refractivity contribution in [2.45, 2.75) is 12.7 Å². The number of hydrogen-bond donors (Lipinski definition) is 2. The van der Waals surface area contributed by atoms with E-state index in [2.05, 4.69) is 4.98 Å². The summed E-state index contributed by atoms with van der Waals surface area (Å²) in [5.41, 5.74) is 0.161. The number of aromatic carboxylic acids is 1. The number of hydrogen-bond acceptors (Lipinski definition) is 4. The zero-order chi connectivity index (χ0) is 14.9. The number of carboxylic acids is 1. The summed E-state index contributed by atoms with van der Waals surface area (Å²) in [4.78, 5) is 25.6. The molecule has 5 nitrogen and oxygen atoms in total. The summed E-state index contributed by atoms with van der Waals surface area (Å²) in [7, 11) is 0. The Morgan fingerprint density at radius 2 is 2.05 bits per heavy atom. The standard InChI is InChI=1S/C11H7F3N2O3S/c12-11(13,14)10(19)15-4-7-16-8-5(9(17)18)2-1-3-6(8)20-7/h1-3H,4H2,(H,15,19)(H,17,18). The number of fused-ring (bicyclic) bond motifs is 1. The first-order chi connectivity index (χ1) is 9.29. The van der Waals surface area contributed by atoms with Crippen LogP contribution in [-0.4, -0.2) is 28.1 Å². The second-order valence-electron chi connectivity index (χ2n) is 3.75. The Kier molecular flexibility index (Phi) is 3.62. The third kappa shape index (κ3) is 2.87. The SMILES string of the molecule is O=C(O)c1cccc2sc(CNC(=O)C(F)(F)F)nc12. The lowest BCUT2D eigenvalue weighted by Crippen LogP contribution is -2.36. The summed E-state index contributed by atoms with van der Waals surface area (Å²) in [6, 6.07) is 4.47. The zero-order valence-electron chi connectivity index (χ0n) is 9.69. The fraction of sp³-hybridized carbons (Fsp3) is 0.182. The highest BCUT2D eigenvalue weighted by Crippen LogP contribution is 2.25. The van der Waals surface area contributed by atoms with Crippen LogP contribution in [0.5, 0.6) is 0 Å². The van der Waals surface area contributed by atoms with Crippen molar-refractivity contribution < 1.29 is 27.9 Å². The number of nitrogens with one attached hydrogen (secondary N) is 1. The van der Waals surface area contributed by atoms with E-state index in [1.165, 1.54) is 12.1 Å². The van der Waals surface area contributed by atoms with Crippen LogP contribution in [0.4, 0.5) is 13.2 Å². The summed E-state index contributed by atoms with van der Waals surface area (Å²) in [6.45, 7) is -0.406. The molecule has 1 aromatic heterocycles. The van der Waals surface area contributed by atoms with Gasteiger partial charge in [0.25, 0.3) is 0 Å². The van der Waals surface area contributed by atoms with Gasteiger partial charge in [-0.15, -0.1) is 11.3 Å². The highest BCUT2D eigenvalue weighted by molar-refractivity contribution is 7.18. The van der Waals surface area contributed by atoms with Gasteiger partial charge in [-0.1, -0.05) is 6.07 Å². The van der Waals surface area contributed by atoms with Crippen molar-refractivity contribution in [1.29, 1.82) is 0 Å². The average molecular weight is 304 g/mol. The molecule has 1 heterocycles. The smallest absolute Gasteiger partial charge is 0.471 e. The number of benzene rings is 1. The molecule has 0 atom stereocenters. The van der Waals surface area contributed by atoms with E-state index in [0.717, 1.165) is 11.3 Å². The number of carbonyl (C=O) groups is 2. The lowest BCUT2D eigenvalue weighted by atomic mass is 10.2. The predicted octanol–water partition coefficient (Wildman–Crippen LogP) is 2.17. The molecule has 20 heavy (non-hydrogen) atoms. The molecule has 106 valence electrons. The molecule has 0 aliphatic carbocycles. The van der Waals surface area contributed by atoms with E-state index < -0.39 is 24.6 Å². The van der Waals surface area contributed by atoms with Crippen LogP contribution in [0.2, 0.25) is 0 Å². The molecule has 0 spiro atoms. The number of carboxylic acid groups (broad SMARTS) is 1. The molecule has 0 saturated heterocycles. The normalized spacial score (nSPS) is 11.6. The van der Waals surface area contributed by atoms with Crippen LogP contribution in [0.15, 0.2) is 18.2 Å². The lowest BCUT2D eigenvalue weighted by Gasteiger charge is -2.05. The van der Waals surface area contributed by atoms with Crippen LogP contribution >= 0.6 is 11.3 Å². The highest BCUT2D eigenvalue weighted by atomic mass is 32.1. The Morgan fingerprint density at radius 3 is 2.65 bits per heavy atom. The van der Waals surface area contributed by atoms with Gasteiger partial charge in [-0.3, -0.25) is 4.79 Å². The number of thiazole rings is 1. The second kappa shape index (κ2) is 5.08. The van der Waals surface area contributed by atoms with Crippen molar-refractivity contribution in [3.8, 4) is 0 Å². The van der Waals surface area contributed by atoms with E-state index in [4.69, 9.17) is 5.11 Å². The van der Waals surface area contributed by atoms with Crippen molar-refractivity contribution in [3.63, 3.8) is 0 Å². The molecule has 0 fully saturated rings. The molecule has 2 aromatic rings. The van der Waals surface area contributed by atoms with Gasteiger partial charge in [0, 0.05) is 0 Å². The molecule has 9 heteroatoms. The largest absolute Gasteiger partial charge is 0.478 e. The van der Waals surface area contributed by atoms with E-state index in [-0.39, 0.29) is 16.1 Å². The minimum Gasteiger partial charge on any atom is -0.478 e. The molecule has 0 radical (unpaired) electrons. The molecule has 0 saturated carbocycles. The van der Waals surface area contributed by atoms with Crippen LogP contribution in [0.1, 0.15) is 15.4 Å². The minimum absolute atomic E-state index is 0.0350. The first-order valence-corrected chi connectivity index (χ1v) is 6.07. The van der Waals surface area contributed by atoms with Crippen molar-refractivity contribution in [3.05, 3.63) is 28.8 Å². The maximum Gasteiger partial charge on any atom is 0.471 e. The van der Waals surface area contributed by atoms with E-state index >= 15 is 0 Å². The molecule has 1 amide bonds. The van der Waals surface area contributed by atoms with Crippen LogP contribution in [0.3, 0.4) is 0 Å². The molecular weight excluding hydrogens is 297 g/mol. The second-order valence-corrected chi connectivity index (χ2v) is 4.86. The fourth-order valence-electron chi connectivity index (χ4n) is 1.50. The maximum absolute atomic E-state index is 12.0. The van der Waals surface area contributed by atoms with Gasteiger partial charge in [0.1, 0.15) is 5.01 Å². The number of para-hydroxylation sites is 1. The quantitative estimate of drug-likeness (QED) is 0.911. The van der Waals surface area contributed by atoms with Crippen molar-refractivity contribution in [2.75, 3.05) is 0 Å². The fourth-order valence-corrected chi connectivity index (χ4v) is 2.43. The maximum atomic E-state index is 12.0. The molecular formula is C11H7F3N2O3S. The van der Waals surface area contributed by atoms with Crippen molar-refractivity contribution in [1.82, 2.24) is 10.3 Å². The van der Waals surface area contributed by atoms with Gasteiger partial charge in [0.2, 0.25) is 0 Å². The van der Waals surface area contributed by atoms with E-state index in [1.807, 2.05) is 0 Å². The molecule has 2 rings (SSSR count). The highest BCUT2D eigenvalue weighted by Gasteiger charge is 2.38. The summed E-state index contributed by atoms with van der Waals surface area (Å²) in [5, 5.41) is 10.8. The number of nitrogens with zero attached hydrogens (tertiary/aromatic N) is 1. The van der Waals surface area contributed by atoms with Gasteiger partial charge in [-0.25, -0.2) is 9.78 Å². The Balaban J connectivity index is 2.23. The van der Waals surface area contributed by atoms with Crippen LogP contribution in [0.25, 0.3) is 10.2 Å². The van der Waals surface area contributed by atoms with E-state index in [1.54, 1.807) is 11.4 Å². The number of halogens is 3. The number of amides is 1. The van der Waals surface area contributed by atoms with Gasteiger partial charge in [0.15, 0.2) is 0 Å². The van der Waals surface area contributed by atoms with E-state index in [9.17, 15) is 22.8 Å². The van der Waals surface area contributed by atoms with Crippen molar-refractivity contribution >= 4 is 33.4 Å². The summed E-state index contributed by atoms with van der Waals surface area (Å²) in [6.07, 6.45) is -4.96. The lowest BCUT2D eigenvalue weighted by molar-refractivity contribution is -0.173. The summed E-state index contributed by atoms with van der Waals surface area (Å²) < 4.78 is 36.6. The topological polar surface area (TPSA) is 79.3 Å². The molecule has 0 aliphatic heterocycles. The summed E-state index contributed by atoms with van der Waals surface area (Å²) in [5.74, 6) is -3.23. The third-order valence-corrected chi connectivity index (χ3v) is 3.37. The molecule has 0 bridgehead atoms. The minimum atomic E-state index is -4.96. The Morgan fingerprint density at radius 1 is 1.35 bits per heavy atom. The van der Waals surface area contributed by atoms with Crippen LogP contribution in [0, 0.1) is 0 Å². The molecule has 2 N–H and O–H groups in total. The third-order valence-electron chi connectivity index (χ3n) is 2.35.